The molecule has 0 radical (unpaired) electrons. The average Bonchev–Trinajstić information content (AvgIpc) is 3.30. The highest BCUT2D eigenvalue weighted by Gasteiger charge is 2.45. The number of aliphatic hydroxyl groups is 1. The summed E-state index contributed by atoms with van der Waals surface area (Å²) in [4.78, 5) is 14.7. The van der Waals surface area contributed by atoms with Crippen LogP contribution in [0.4, 0.5) is 4.39 Å². The average molecular weight is 348 g/mol. The lowest BCUT2D eigenvalue weighted by Crippen LogP contribution is -2.51. The second-order valence-electron chi connectivity index (χ2n) is 7.46. The summed E-state index contributed by atoms with van der Waals surface area (Å²) in [6.07, 6.45) is 2.09. The Bertz CT molecular complexity index is 633. The molecule has 2 N–H and O–H groups in total. The van der Waals surface area contributed by atoms with Crippen molar-refractivity contribution in [3.05, 3.63) is 35.6 Å². The minimum absolute atomic E-state index is 0.0204. The van der Waals surface area contributed by atoms with Gasteiger partial charge in [-0.05, 0) is 36.8 Å². The molecule has 0 bridgehead atoms. The first-order chi connectivity index (χ1) is 12.1. The lowest BCUT2D eigenvalue weighted by Gasteiger charge is -2.36. The Morgan fingerprint density at radius 1 is 1.24 bits per heavy atom. The van der Waals surface area contributed by atoms with Crippen molar-refractivity contribution in [1.29, 1.82) is 0 Å². The van der Waals surface area contributed by atoms with Crippen LogP contribution in [-0.2, 0) is 9.53 Å². The molecule has 5 nitrogen and oxygen atoms in total. The van der Waals surface area contributed by atoms with Gasteiger partial charge in [-0.3, -0.25) is 9.69 Å². The predicted molar refractivity (Wildman–Crippen MR) is 90.6 cm³/mol. The van der Waals surface area contributed by atoms with E-state index in [-0.39, 0.29) is 35.6 Å². The van der Waals surface area contributed by atoms with E-state index in [1.807, 2.05) is 6.07 Å². The molecule has 6 heteroatoms. The molecule has 2 saturated heterocycles. The lowest BCUT2D eigenvalue weighted by molar-refractivity contribution is -0.123. The molecule has 3 aliphatic rings. The predicted octanol–water partition coefficient (Wildman–Crippen LogP) is 1.27. The number of carbonyl (C=O) groups is 1. The summed E-state index contributed by atoms with van der Waals surface area (Å²) >= 11 is 0. The first-order valence-corrected chi connectivity index (χ1v) is 9.18. The van der Waals surface area contributed by atoms with Crippen LogP contribution in [0.15, 0.2) is 24.3 Å². The number of nitrogens with one attached hydrogen (secondary N) is 1. The zero-order valence-electron chi connectivity index (χ0n) is 14.2. The van der Waals surface area contributed by atoms with Crippen molar-refractivity contribution in [3.8, 4) is 0 Å². The van der Waals surface area contributed by atoms with Crippen molar-refractivity contribution >= 4 is 5.91 Å². The molecule has 25 heavy (non-hydrogen) atoms. The summed E-state index contributed by atoms with van der Waals surface area (Å²) in [5.74, 6) is -0.239. The van der Waals surface area contributed by atoms with Gasteiger partial charge >= 0.3 is 0 Å². The third-order valence-electron chi connectivity index (χ3n) is 5.80. The van der Waals surface area contributed by atoms with Crippen molar-refractivity contribution in [3.63, 3.8) is 0 Å². The number of rotatable bonds is 4. The summed E-state index contributed by atoms with van der Waals surface area (Å²) in [5, 5.41) is 13.1. The van der Waals surface area contributed by atoms with Gasteiger partial charge in [0.15, 0.2) is 0 Å². The van der Waals surface area contributed by atoms with E-state index in [2.05, 4.69) is 10.2 Å². The highest BCUT2D eigenvalue weighted by atomic mass is 19.1. The highest BCUT2D eigenvalue weighted by Crippen LogP contribution is 2.48. The fourth-order valence-corrected chi connectivity index (χ4v) is 4.17. The summed E-state index contributed by atoms with van der Waals surface area (Å²) in [6, 6.07) is 7.00. The number of aliphatic hydroxyl groups excluding tert-OH is 1. The van der Waals surface area contributed by atoms with Gasteiger partial charge in [-0.2, -0.15) is 0 Å². The number of amides is 1. The third-order valence-corrected chi connectivity index (χ3v) is 5.80. The maximum atomic E-state index is 13.8. The second-order valence-corrected chi connectivity index (χ2v) is 7.46. The van der Waals surface area contributed by atoms with Crippen LogP contribution in [0, 0.1) is 11.7 Å². The fraction of sp³-hybridized carbons (Fsp3) is 0.632. The Morgan fingerprint density at radius 2 is 2.00 bits per heavy atom. The van der Waals surface area contributed by atoms with Gasteiger partial charge in [-0.1, -0.05) is 18.2 Å². The summed E-state index contributed by atoms with van der Waals surface area (Å²) in [5.41, 5.74) is 0.660. The van der Waals surface area contributed by atoms with E-state index >= 15 is 0 Å². The summed E-state index contributed by atoms with van der Waals surface area (Å²) < 4.78 is 19.2. The number of piperidine rings is 1. The van der Waals surface area contributed by atoms with Crippen molar-refractivity contribution in [2.24, 2.45) is 5.92 Å². The van der Waals surface area contributed by atoms with Crippen LogP contribution in [0.2, 0.25) is 0 Å². The van der Waals surface area contributed by atoms with E-state index in [1.54, 1.807) is 12.1 Å². The highest BCUT2D eigenvalue weighted by molar-refractivity contribution is 5.83. The van der Waals surface area contributed by atoms with Crippen LogP contribution >= 0.6 is 0 Å². The third kappa shape index (κ3) is 3.57. The molecule has 3 fully saturated rings. The van der Waals surface area contributed by atoms with E-state index in [1.165, 1.54) is 6.07 Å². The zero-order valence-corrected chi connectivity index (χ0v) is 14.2. The van der Waals surface area contributed by atoms with Gasteiger partial charge in [-0.15, -0.1) is 0 Å². The number of nitrogens with zero attached hydrogens (tertiary/aromatic N) is 1. The molecule has 2 heterocycles. The Balaban J connectivity index is 1.25. The van der Waals surface area contributed by atoms with E-state index < -0.39 is 6.10 Å². The number of benzene rings is 1. The Hall–Kier alpha value is -1.50. The summed E-state index contributed by atoms with van der Waals surface area (Å²) in [7, 11) is 0. The van der Waals surface area contributed by atoms with Gasteiger partial charge in [0.2, 0.25) is 5.91 Å². The molecule has 136 valence electrons. The van der Waals surface area contributed by atoms with E-state index in [4.69, 9.17) is 4.74 Å². The first-order valence-electron chi connectivity index (χ1n) is 9.18. The van der Waals surface area contributed by atoms with Crippen molar-refractivity contribution in [2.45, 2.75) is 43.4 Å². The van der Waals surface area contributed by atoms with Crippen LogP contribution in [0.25, 0.3) is 0 Å². The summed E-state index contributed by atoms with van der Waals surface area (Å²) in [6.45, 7) is 2.72. The topological polar surface area (TPSA) is 61.8 Å². The van der Waals surface area contributed by atoms with Gasteiger partial charge in [0, 0.05) is 25.0 Å². The Morgan fingerprint density at radius 3 is 2.68 bits per heavy atom. The molecule has 0 spiro atoms. The van der Waals surface area contributed by atoms with E-state index in [9.17, 15) is 14.3 Å². The van der Waals surface area contributed by atoms with Crippen molar-refractivity contribution in [1.82, 2.24) is 10.2 Å². The second kappa shape index (κ2) is 7.02. The molecular weight excluding hydrogens is 323 g/mol. The number of carbonyl (C=O) groups excluding carboxylic acids is 1. The number of hydrogen-bond acceptors (Lipinski definition) is 4. The molecule has 1 amide bonds. The molecule has 1 saturated carbocycles. The smallest absolute Gasteiger partial charge is 0.223 e. The van der Waals surface area contributed by atoms with E-state index in [0.29, 0.717) is 18.8 Å². The maximum Gasteiger partial charge on any atom is 0.223 e. The largest absolute Gasteiger partial charge is 0.389 e. The first kappa shape index (κ1) is 16.9. The van der Waals surface area contributed by atoms with Gasteiger partial charge in [-0.25, -0.2) is 4.39 Å². The molecule has 0 unspecified atom stereocenters. The van der Waals surface area contributed by atoms with Gasteiger partial charge in [0.1, 0.15) is 5.82 Å². The lowest BCUT2D eigenvalue weighted by atomic mass is 10.0. The van der Waals surface area contributed by atoms with Gasteiger partial charge in [0.25, 0.3) is 0 Å². The minimum Gasteiger partial charge on any atom is -0.389 e. The maximum absolute atomic E-state index is 13.8. The van der Waals surface area contributed by atoms with Crippen LogP contribution in [0.1, 0.15) is 30.7 Å². The molecule has 2 aliphatic heterocycles. The molecule has 0 aromatic heterocycles. The molecule has 1 aromatic rings. The number of likely N-dealkylation sites (tertiary alicyclic amines) is 1. The normalized spacial score (nSPS) is 33.4. The molecule has 1 aromatic carbocycles. The monoisotopic (exact) mass is 348 g/mol. The van der Waals surface area contributed by atoms with Crippen molar-refractivity contribution < 1.29 is 19.0 Å². The minimum atomic E-state index is -0.404. The van der Waals surface area contributed by atoms with Crippen LogP contribution in [0.5, 0.6) is 0 Å². The Labute approximate surface area is 147 Å². The SMILES string of the molecule is O=C(NC1CCN([C@@H]2COC[C@H]2O)CC1)[C@@H]1C[C@H]1c1ccccc1F. The van der Waals surface area contributed by atoms with Crippen LogP contribution < -0.4 is 5.32 Å². The van der Waals surface area contributed by atoms with Gasteiger partial charge < -0.3 is 15.2 Å². The fourth-order valence-electron chi connectivity index (χ4n) is 4.17. The number of halogens is 1. The van der Waals surface area contributed by atoms with Gasteiger partial charge in [0.05, 0.1) is 25.4 Å². The number of ether oxygens (including phenoxy) is 1. The van der Waals surface area contributed by atoms with Crippen LogP contribution in [-0.4, -0.2) is 60.4 Å². The Kier molecular flexibility index (Phi) is 4.75. The molecular formula is C19H25FN2O3. The van der Waals surface area contributed by atoms with E-state index in [0.717, 1.165) is 32.4 Å². The molecule has 1 aliphatic carbocycles. The van der Waals surface area contributed by atoms with Crippen LogP contribution in [0.3, 0.4) is 0 Å². The standard InChI is InChI=1S/C19H25FN2O3/c20-16-4-2-1-3-13(16)14-9-15(14)19(24)21-12-5-7-22(8-6-12)17-10-25-11-18(17)23/h1-4,12,14-15,17-18,23H,5-11H2,(H,21,24)/t14-,15+,17+,18+/m0/s1. The zero-order chi connectivity index (χ0) is 17.4. The van der Waals surface area contributed by atoms with Crippen molar-refractivity contribution in [2.75, 3.05) is 26.3 Å². The number of hydrogen-bond donors (Lipinski definition) is 2. The molecule has 4 atom stereocenters. The quantitative estimate of drug-likeness (QED) is 0.860. The molecule has 4 rings (SSSR count).